The maximum absolute atomic E-state index is 4.42. The Morgan fingerprint density at radius 3 is 2.82 bits per heavy atom. The van der Waals surface area contributed by atoms with Gasteiger partial charge in [0.2, 0.25) is 0 Å². The minimum atomic E-state index is 0.810. The van der Waals surface area contributed by atoms with Gasteiger partial charge in [-0.1, -0.05) is 6.92 Å². The number of aryl methyl sites for hydroxylation is 2. The van der Waals surface area contributed by atoms with Crippen LogP contribution in [0.4, 0.5) is 0 Å². The summed E-state index contributed by atoms with van der Waals surface area (Å²) in [5.41, 5.74) is 1.37. The van der Waals surface area contributed by atoms with Crippen molar-refractivity contribution in [1.29, 1.82) is 0 Å². The molecule has 0 amide bonds. The van der Waals surface area contributed by atoms with Gasteiger partial charge >= 0.3 is 0 Å². The molecule has 0 saturated heterocycles. The van der Waals surface area contributed by atoms with E-state index in [1.165, 1.54) is 10.4 Å². The summed E-state index contributed by atoms with van der Waals surface area (Å²) in [6.07, 6.45) is 0.879. The van der Waals surface area contributed by atoms with Crippen molar-refractivity contribution >= 4 is 11.3 Å². The maximum atomic E-state index is 4.42. The zero-order valence-electron chi connectivity index (χ0n) is 10.5. The van der Waals surface area contributed by atoms with Gasteiger partial charge in [0, 0.05) is 17.8 Å². The van der Waals surface area contributed by atoms with E-state index < -0.39 is 0 Å². The third-order valence-corrected chi connectivity index (χ3v) is 3.70. The summed E-state index contributed by atoms with van der Waals surface area (Å²) in [4.78, 5) is 8.08. The number of hydrogen-bond acceptors (Lipinski definition) is 4. The Bertz CT molecular complexity index is 474. The van der Waals surface area contributed by atoms with E-state index in [0.29, 0.717) is 0 Å². The highest BCUT2D eigenvalue weighted by molar-refractivity contribution is 7.10. The number of nitrogens with one attached hydrogen (secondary N) is 1. The first-order valence-corrected chi connectivity index (χ1v) is 6.68. The zero-order valence-corrected chi connectivity index (χ0v) is 11.3. The van der Waals surface area contributed by atoms with E-state index in [-0.39, 0.29) is 0 Å². The number of thiophene rings is 1. The van der Waals surface area contributed by atoms with Crippen molar-refractivity contribution in [3.8, 4) is 0 Å². The second-order valence-corrected chi connectivity index (χ2v) is 5.25. The first kappa shape index (κ1) is 12.3. The molecule has 0 aliphatic heterocycles. The summed E-state index contributed by atoms with van der Waals surface area (Å²) < 4.78 is 0. The van der Waals surface area contributed by atoms with Gasteiger partial charge in [-0.05, 0) is 31.0 Å². The predicted octanol–water partition coefficient (Wildman–Crippen LogP) is 2.37. The van der Waals surface area contributed by atoms with E-state index in [4.69, 9.17) is 0 Å². The van der Waals surface area contributed by atoms with Crippen LogP contribution in [-0.4, -0.2) is 27.1 Å². The number of rotatable bonds is 5. The van der Waals surface area contributed by atoms with Gasteiger partial charge in [0.05, 0.1) is 6.54 Å². The van der Waals surface area contributed by atoms with Crippen LogP contribution < -0.4 is 0 Å². The molecule has 0 bridgehead atoms. The lowest BCUT2D eigenvalue weighted by Gasteiger charge is -2.14. The summed E-state index contributed by atoms with van der Waals surface area (Å²) in [5, 5.41) is 9.27. The van der Waals surface area contributed by atoms with Crippen LogP contribution in [0, 0.1) is 6.92 Å². The molecule has 0 atom stereocenters. The topological polar surface area (TPSA) is 44.8 Å². The molecule has 2 heterocycles. The van der Waals surface area contributed by atoms with Crippen LogP contribution in [0.5, 0.6) is 0 Å². The van der Waals surface area contributed by atoms with E-state index in [0.717, 1.165) is 31.2 Å². The molecular formula is C12H18N4S. The first-order chi connectivity index (χ1) is 8.19. The molecule has 2 rings (SSSR count). The molecule has 92 valence electrons. The number of aromatic nitrogens is 3. The summed E-state index contributed by atoms with van der Waals surface area (Å²) >= 11 is 1.81. The number of aromatic amines is 1. The lowest BCUT2D eigenvalue weighted by atomic mass is 10.3. The molecule has 5 heteroatoms. The SMILES string of the molecule is CCc1n[nH]c(CN(C)Cc2sccc2C)n1. The largest absolute Gasteiger partial charge is 0.294 e. The summed E-state index contributed by atoms with van der Waals surface area (Å²) in [6, 6.07) is 2.16. The van der Waals surface area contributed by atoms with Crippen molar-refractivity contribution < 1.29 is 0 Å². The molecule has 0 radical (unpaired) electrons. The smallest absolute Gasteiger partial charge is 0.150 e. The first-order valence-electron chi connectivity index (χ1n) is 5.80. The van der Waals surface area contributed by atoms with Crippen molar-refractivity contribution in [1.82, 2.24) is 20.1 Å². The van der Waals surface area contributed by atoms with E-state index >= 15 is 0 Å². The molecule has 2 aromatic rings. The van der Waals surface area contributed by atoms with Crippen molar-refractivity contribution in [2.24, 2.45) is 0 Å². The van der Waals surface area contributed by atoms with E-state index in [9.17, 15) is 0 Å². The van der Waals surface area contributed by atoms with Crippen molar-refractivity contribution in [2.75, 3.05) is 7.05 Å². The summed E-state index contributed by atoms with van der Waals surface area (Å²) in [6.45, 7) is 5.99. The van der Waals surface area contributed by atoms with E-state index in [1.807, 2.05) is 11.3 Å². The lowest BCUT2D eigenvalue weighted by molar-refractivity contribution is 0.313. The van der Waals surface area contributed by atoms with Crippen molar-refractivity contribution in [3.63, 3.8) is 0 Å². The quantitative estimate of drug-likeness (QED) is 0.886. The van der Waals surface area contributed by atoms with Gasteiger partial charge < -0.3 is 0 Å². The van der Waals surface area contributed by atoms with E-state index in [2.05, 4.69) is 52.4 Å². The Morgan fingerprint density at radius 2 is 2.24 bits per heavy atom. The molecule has 1 N–H and O–H groups in total. The van der Waals surface area contributed by atoms with Gasteiger partial charge in [0.25, 0.3) is 0 Å². The van der Waals surface area contributed by atoms with E-state index in [1.54, 1.807) is 0 Å². The fourth-order valence-corrected chi connectivity index (χ4v) is 2.67. The second-order valence-electron chi connectivity index (χ2n) is 4.25. The van der Waals surface area contributed by atoms with Gasteiger partial charge in [-0.25, -0.2) is 4.98 Å². The van der Waals surface area contributed by atoms with Crippen LogP contribution in [0.2, 0.25) is 0 Å². The van der Waals surface area contributed by atoms with Gasteiger partial charge in [-0.3, -0.25) is 10.00 Å². The van der Waals surface area contributed by atoms with Crippen LogP contribution in [0.1, 0.15) is 29.0 Å². The third kappa shape index (κ3) is 3.14. The third-order valence-electron chi connectivity index (χ3n) is 2.70. The van der Waals surface area contributed by atoms with Crippen molar-refractivity contribution in [2.45, 2.75) is 33.4 Å². The Labute approximate surface area is 106 Å². The highest BCUT2D eigenvalue weighted by Crippen LogP contribution is 2.17. The summed E-state index contributed by atoms with van der Waals surface area (Å²) in [5.74, 6) is 1.83. The van der Waals surface area contributed by atoms with Gasteiger partial charge in [0.1, 0.15) is 11.6 Å². The normalized spacial score (nSPS) is 11.3. The van der Waals surface area contributed by atoms with Gasteiger partial charge in [0.15, 0.2) is 0 Å². The Hall–Kier alpha value is -1.20. The average Bonchev–Trinajstić information content (AvgIpc) is 2.89. The van der Waals surface area contributed by atoms with Crippen LogP contribution in [0.25, 0.3) is 0 Å². The Morgan fingerprint density at radius 1 is 1.41 bits per heavy atom. The molecule has 0 fully saturated rings. The molecule has 0 spiro atoms. The molecule has 2 aromatic heterocycles. The van der Waals surface area contributed by atoms with Crippen LogP contribution in [-0.2, 0) is 19.5 Å². The van der Waals surface area contributed by atoms with Gasteiger partial charge in [-0.15, -0.1) is 11.3 Å². The molecule has 0 aromatic carbocycles. The number of hydrogen-bond donors (Lipinski definition) is 1. The van der Waals surface area contributed by atoms with Crippen LogP contribution in [0.3, 0.4) is 0 Å². The average molecular weight is 250 g/mol. The van der Waals surface area contributed by atoms with Crippen LogP contribution >= 0.6 is 11.3 Å². The van der Waals surface area contributed by atoms with Gasteiger partial charge in [-0.2, -0.15) is 5.10 Å². The highest BCUT2D eigenvalue weighted by Gasteiger charge is 2.08. The predicted molar refractivity (Wildman–Crippen MR) is 70.0 cm³/mol. The Balaban J connectivity index is 1.93. The lowest BCUT2D eigenvalue weighted by Crippen LogP contribution is -2.17. The van der Waals surface area contributed by atoms with Crippen LogP contribution in [0.15, 0.2) is 11.4 Å². The minimum Gasteiger partial charge on any atom is -0.294 e. The number of H-pyrrole nitrogens is 1. The molecule has 4 nitrogen and oxygen atoms in total. The molecule has 0 aliphatic carbocycles. The standard InChI is InChI=1S/C12H18N4S/c1-4-11-13-12(15-14-11)8-16(3)7-10-9(2)5-6-17-10/h5-6H,4,7-8H2,1-3H3,(H,13,14,15). The Kier molecular flexibility index (Phi) is 3.91. The molecule has 0 saturated carbocycles. The maximum Gasteiger partial charge on any atom is 0.150 e. The summed E-state index contributed by atoms with van der Waals surface area (Å²) in [7, 11) is 2.10. The fourth-order valence-electron chi connectivity index (χ4n) is 1.69. The minimum absolute atomic E-state index is 0.810. The molecule has 0 aliphatic rings. The fraction of sp³-hybridized carbons (Fsp3) is 0.500. The molecular weight excluding hydrogens is 232 g/mol. The molecule has 17 heavy (non-hydrogen) atoms. The zero-order chi connectivity index (χ0) is 12.3. The highest BCUT2D eigenvalue weighted by atomic mass is 32.1. The second kappa shape index (κ2) is 5.42. The number of nitrogens with zero attached hydrogens (tertiary/aromatic N) is 3. The van der Waals surface area contributed by atoms with Crippen molar-refractivity contribution in [3.05, 3.63) is 33.5 Å². The monoisotopic (exact) mass is 250 g/mol. The molecule has 0 unspecified atom stereocenters.